The second-order valence-corrected chi connectivity index (χ2v) is 10.4. The second kappa shape index (κ2) is 12.2. The number of carbonyl (C=O) groups excluding carboxylic acids is 1. The number of amides is 1. The van der Waals surface area contributed by atoms with Gasteiger partial charge < -0.3 is 20.7 Å². The number of nitrogens with one attached hydrogen (secondary N) is 3. The topological polar surface area (TPSA) is 127 Å². The van der Waals surface area contributed by atoms with Crippen LogP contribution in [0.15, 0.2) is 67.3 Å². The fourth-order valence-corrected chi connectivity index (χ4v) is 5.50. The summed E-state index contributed by atoms with van der Waals surface area (Å²) in [6, 6.07) is 13.3. The number of benzene rings is 2. The number of nitrogens with zero attached hydrogens (tertiary/aromatic N) is 5. The highest BCUT2D eigenvalue weighted by molar-refractivity contribution is 6.39. The lowest BCUT2D eigenvalue weighted by Crippen LogP contribution is -2.35. The van der Waals surface area contributed by atoms with E-state index in [2.05, 4.69) is 35.9 Å². The van der Waals surface area contributed by atoms with Crippen molar-refractivity contribution in [3.8, 4) is 28.3 Å². The van der Waals surface area contributed by atoms with Gasteiger partial charge in [0.05, 0.1) is 40.2 Å². The Morgan fingerprint density at radius 3 is 2.55 bits per heavy atom. The molecular formula is C30H26Cl2N8O2. The molecule has 3 N–H and O–H groups in total. The van der Waals surface area contributed by atoms with Crippen molar-refractivity contribution in [2.24, 2.45) is 0 Å². The summed E-state index contributed by atoms with van der Waals surface area (Å²) in [5.41, 5.74) is 5.39. The maximum atomic E-state index is 11.4. The number of anilines is 2. The number of rotatable bonds is 9. The van der Waals surface area contributed by atoms with Crippen LogP contribution in [0.3, 0.4) is 0 Å². The molecule has 6 rings (SSSR count). The van der Waals surface area contributed by atoms with Gasteiger partial charge in [-0.1, -0.05) is 53.5 Å². The number of pyridine rings is 1. The van der Waals surface area contributed by atoms with E-state index in [-0.39, 0.29) is 11.9 Å². The highest BCUT2D eigenvalue weighted by Gasteiger charge is 2.21. The van der Waals surface area contributed by atoms with E-state index in [1.165, 1.54) is 0 Å². The molecule has 1 aliphatic rings. The Labute approximate surface area is 251 Å². The van der Waals surface area contributed by atoms with Gasteiger partial charge in [-0.05, 0) is 18.6 Å². The van der Waals surface area contributed by atoms with Crippen LogP contribution < -0.4 is 20.7 Å². The quantitative estimate of drug-likeness (QED) is 0.199. The van der Waals surface area contributed by atoms with Gasteiger partial charge >= 0.3 is 0 Å². The monoisotopic (exact) mass is 600 g/mol. The third kappa shape index (κ3) is 5.69. The average Bonchev–Trinajstić information content (AvgIpc) is 3.43. The van der Waals surface area contributed by atoms with E-state index in [4.69, 9.17) is 32.9 Å². The lowest BCUT2D eigenvalue weighted by Gasteiger charge is -2.15. The second-order valence-electron chi connectivity index (χ2n) is 9.69. The molecule has 0 saturated carbocycles. The van der Waals surface area contributed by atoms with Crippen LogP contribution in [-0.4, -0.2) is 50.5 Å². The van der Waals surface area contributed by atoms with Gasteiger partial charge in [-0.15, -0.1) is 0 Å². The smallest absolute Gasteiger partial charge is 0.237 e. The van der Waals surface area contributed by atoms with Crippen molar-refractivity contribution in [2.45, 2.75) is 25.4 Å². The van der Waals surface area contributed by atoms with E-state index in [9.17, 15) is 4.79 Å². The summed E-state index contributed by atoms with van der Waals surface area (Å²) in [5.74, 6) is 1.03. The molecule has 1 aliphatic heterocycles. The summed E-state index contributed by atoms with van der Waals surface area (Å²) in [5, 5.41) is 10.5. The molecular weight excluding hydrogens is 575 g/mol. The molecule has 0 unspecified atom stereocenters. The van der Waals surface area contributed by atoms with Crippen molar-refractivity contribution < 1.29 is 9.53 Å². The van der Waals surface area contributed by atoms with E-state index in [1.807, 2.05) is 36.4 Å². The maximum Gasteiger partial charge on any atom is 0.237 e. The summed E-state index contributed by atoms with van der Waals surface area (Å²) in [6.07, 6.45) is 7.99. The minimum atomic E-state index is 0.0867. The third-order valence-electron chi connectivity index (χ3n) is 6.98. The van der Waals surface area contributed by atoms with Gasteiger partial charge in [-0.25, -0.2) is 15.0 Å². The van der Waals surface area contributed by atoms with Gasteiger partial charge in [0.25, 0.3) is 0 Å². The SMILES string of the molecule is COc1nc(-c2cccc(-c3cccc(Nc4nccc5nccnc45)c3Cl)c2Cl)cnc1CNC[C@@H]1CCC(=O)N1. The zero-order valence-electron chi connectivity index (χ0n) is 22.6. The first-order valence-electron chi connectivity index (χ1n) is 13.3. The van der Waals surface area contributed by atoms with Crippen LogP contribution in [0.2, 0.25) is 10.0 Å². The molecule has 1 saturated heterocycles. The molecule has 0 radical (unpaired) electrons. The summed E-state index contributed by atoms with van der Waals surface area (Å²) >= 11 is 13.9. The van der Waals surface area contributed by atoms with Crippen molar-refractivity contribution in [3.63, 3.8) is 0 Å². The lowest BCUT2D eigenvalue weighted by molar-refractivity contribution is -0.119. The fraction of sp³-hybridized carbons (Fsp3) is 0.200. The molecule has 5 aromatic rings. The molecule has 0 aliphatic carbocycles. The summed E-state index contributed by atoms with van der Waals surface area (Å²) in [4.78, 5) is 33.9. The number of methoxy groups -OCH3 is 1. The predicted octanol–water partition coefficient (Wildman–Crippen LogP) is 5.58. The van der Waals surface area contributed by atoms with Crippen molar-refractivity contribution in [1.29, 1.82) is 0 Å². The molecule has 12 heteroatoms. The van der Waals surface area contributed by atoms with Crippen molar-refractivity contribution >= 4 is 51.6 Å². The molecule has 2 aromatic carbocycles. The van der Waals surface area contributed by atoms with Crippen LogP contribution >= 0.6 is 23.2 Å². The van der Waals surface area contributed by atoms with Crippen LogP contribution in [0, 0.1) is 0 Å². The van der Waals surface area contributed by atoms with Crippen molar-refractivity contribution in [1.82, 2.24) is 35.6 Å². The highest BCUT2D eigenvalue weighted by atomic mass is 35.5. The largest absolute Gasteiger partial charge is 0.480 e. The first-order valence-corrected chi connectivity index (χ1v) is 14.1. The molecule has 42 heavy (non-hydrogen) atoms. The predicted molar refractivity (Wildman–Crippen MR) is 163 cm³/mol. The maximum absolute atomic E-state index is 11.4. The van der Waals surface area contributed by atoms with E-state index >= 15 is 0 Å². The molecule has 1 atom stereocenters. The molecule has 1 amide bonds. The zero-order chi connectivity index (χ0) is 29.1. The summed E-state index contributed by atoms with van der Waals surface area (Å²) < 4.78 is 5.55. The van der Waals surface area contributed by atoms with Gasteiger partial charge in [-0.3, -0.25) is 14.8 Å². The number of ether oxygens (including phenoxy) is 1. The van der Waals surface area contributed by atoms with E-state index in [0.717, 1.165) is 23.1 Å². The molecule has 1 fully saturated rings. The Morgan fingerprint density at radius 2 is 1.74 bits per heavy atom. The Morgan fingerprint density at radius 1 is 0.952 bits per heavy atom. The van der Waals surface area contributed by atoms with Crippen molar-refractivity contribution in [3.05, 3.63) is 83.0 Å². The normalized spacial score (nSPS) is 14.6. The molecule has 212 valence electrons. The Bertz CT molecular complexity index is 1780. The average molecular weight is 601 g/mol. The lowest BCUT2D eigenvalue weighted by atomic mass is 10.0. The van der Waals surface area contributed by atoms with Crippen LogP contribution in [-0.2, 0) is 11.3 Å². The van der Waals surface area contributed by atoms with E-state index in [1.54, 1.807) is 38.0 Å². The standard InChI is InChI=1S/C30H26Cl2N8O2/c1-42-30-24(15-33-14-17-8-9-25(41)38-17)37-16-23(40-30)20-6-2-4-18(26(20)31)19-5-3-7-21(27(19)32)39-29-28-22(10-11-36-29)34-12-13-35-28/h2-7,10-13,16-17,33H,8-9,14-15H2,1H3,(H,36,39)(H,38,41)/t17-/m0/s1. The van der Waals surface area contributed by atoms with Crippen LogP contribution in [0.1, 0.15) is 18.5 Å². The molecule has 4 heterocycles. The number of fused-ring (bicyclic) bond motifs is 1. The van der Waals surface area contributed by atoms with Gasteiger partial charge in [0.1, 0.15) is 11.2 Å². The molecule has 3 aromatic heterocycles. The number of halogens is 2. The molecule has 0 bridgehead atoms. The zero-order valence-corrected chi connectivity index (χ0v) is 24.1. The summed E-state index contributed by atoms with van der Waals surface area (Å²) in [7, 11) is 1.56. The molecule has 0 spiro atoms. The number of carbonyl (C=O) groups is 1. The van der Waals surface area contributed by atoms with Gasteiger partial charge in [-0.2, -0.15) is 0 Å². The van der Waals surface area contributed by atoms with Crippen LogP contribution in [0.4, 0.5) is 11.5 Å². The Hall–Kier alpha value is -4.38. The van der Waals surface area contributed by atoms with Gasteiger partial charge in [0, 0.05) is 60.8 Å². The highest BCUT2D eigenvalue weighted by Crippen LogP contribution is 2.42. The molecule has 10 nitrogen and oxygen atoms in total. The van der Waals surface area contributed by atoms with Gasteiger partial charge in [0.15, 0.2) is 5.82 Å². The third-order valence-corrected chi connectivity index (χ3v) is 7.79. The first-order chi connectivity index (χ1) is 20.5. The minimum Gasteiger partial charge on any atom is -0.480 e. The number of aromatic nitrogens is 5. The van der Waals surface area contributed by atoms with E-state index in [0.29, 0.717) is 69.4 Å². The van der Waals surface area contributed by atoms with E-state index < -0.39 is 0 Å². The first kappa shape index (κ1) is 27.8. The Kier molecular flexibility index (Phi) is 8.09. The number of hydrogen-bond donors (Lipinski definition) is 3. The van der Waals surface area contributed by atoms with Gasteiger partial charge in [0.2, 0.25) is 11.8 Å². The van der Waals surface area contributed by atoms with Crippen molar-refractivity contribution in [2.75, 3.05) is 19.0 Å². The fourth-order valence-electron chi connectivity index (χ4n) is 4.90. The summed E-state index contributed by atoms with van der Waals surface area (Å²) in [6.45, 7) is 1.09. The Balaban J connectivity index is 1.26. The number of hydrogen-bond acceptors (Lipinski definition) is 9. The minimum absolute atomic E-state index is 0.0867. The van der Waals surface area contributed by atoms with Crippen LogP contribution in [0.25, 0.3) is 33.4 Å². The van der Waals surface area contributed by atoms with Crippen LogP contribution in [0.5, 0.6) is 5.88 Å².